The highest BCUT2D eigenvalue weighted by Crippen LogP contribution is 2.40. The molecule has 128 valence electrons. The van der Waals surface area contributed by atoms with Gasteiger partial charge in [0.1, 0.15) is 0 Å². The molecule has 0 radical (unpaired) electrons. The fraction of sp³-hybridized carbons (Fsp3) is 0.333. The molecule has 6 heteroatoms. The standard InChI is InChI=1S/C18H21NO4S/c1-12-9-16(22-3)17(23-4)10-18(12)24(20,21)19-11-14-7-5-6-8-15(14)13(19)2/h5-10,13H,11H2,1-4H3. The summed E-state index contributed by atoms with van der Waals surface area (Å²) in [6.45, 7) is 4.07. The van der Waals surface area contributed by atoms with E-state index in [9.17, 15) is 8.42 Å². The van der Waals surface area contributed by atoms with Gasteiger partial charge in [-0.15, -0.1) is 0 Å². The highest BCUT2D eigenvalue weighted by molar-refractivity contribution is 7.89. The molecule has 0 saturated carbocycles. The van der Waals surface area contributed by atoms with Crippen LogP contribution < -0.4 is 9.47 Å². The van der Waals surface area contributed by atoms with Crippen molar-refractivity contribution in [3.05, 3.63) is 53.1 Å². The third kappa shape index (κ3) is 2.56. The minimum atomic E-state index is -3.65. The van der Waals surface area contributed by atoms with Gasteiger partial charge in [-0.05, 0) is 36.6 Å². The SMILES string of the molecule is COc1cc(C)c(S(=O)(=O)N2Cc3ccccc3C2C)cc1OC. The number of ether oxygens (including phenoxy) is 2. The highest BCUT2D eigenvalue weighted by atomic mass is 32.2. The molecule has 5 nitrogen and oxygen atoms in total. The number of hydrogen-bond acceptors (Lipinski definition) is 4. The van der Waals surface area contributed by atoms with Crippen LogP contribution in [0, 0.1) is 6.92 Å². The average Bonchev–Trinajstić information content (AvgIpc) is 2.92. The van der Waals surface area contributed by atoms with Gasteiger partial charge in [-0.2, -0.15) is 4.31 Å². The summed E-state index contributed by atoms with van der Waals surface area (Å²) in [6, 6.07) is 10.9. The molecule has 3 rings (SSSR count). The van der Waals surface area contributed by atoms with E-state index < -0.39 is 10.0 Å². The molecule has 0 aliphatic carbocycles. The van der Waals surface area contributed by atoms with Crippen molar-refractivity contribution in [1.82, 2.24) is 4.31 Å². The van der Waals surface area contributed by atoms with E-state index >= 15 is 0 Å². The van der Waals surface area contributed by atoms with Crippen molar-refractivity contribution in [2.75, 3.05) is 14.2 Å². The predicted molar refractivity (Wildman–Crippen MR) is 91.9 cm³/mol. The molecular weight excluding hydrogens is 326 g/mol. The Labute approximate surface area is 142 Å². The summed E-state index contributed by atoms with van der Waals surface area (Å²) in [6.07, 6.45) is 0. The average molecular weight is 347 g/mol. The zero-order chi connectivity index (χ0) is 17.5. The normalized spacial score (nSPS) is 17.6. The van der Waals surface area contributed by atoms with Crippen LogP contribution in [0.25, 0.3) is 0 Å². The lowest BCUT2D eigenvalue weighted by molar-refractivity contribution is 0.351. The predicted octanol–water partition coefficient (Wildman–Crippen LogP) is 3.28. The van der Waals surface area contributed by atoms with Crippen molar-refractivity contribution in [1.29, 1.82) is 0 Å². The maximum Gasteiger partial charge on any atom is 0.244 e. The van der Waals surface area contributed by atoms with E-state index in [1.165, 1.54) is 18.5 Å². The van der Waals surface area contributed by atoms with Crippen molar-refractivity contribution in [3.63, 3.8) is 0 Å². The fourth-order valence-corrected chi connectivity index (χ4v) is 5.02. The summed E-state index contributed by atoms with van der Waals surface area (Å²) in [5.41, 5.74) is 2.74. The summed E-state index contributed by atoms with van der Waals surface area (Å²) in [4.78, 5) is 0.250. The zero-order valence-corrected chi connectivity index (χ0v) is 15.1. The van der Waals surface area contributed by atoms with Gasteiger partial charge in [-0.1, -0.05) is 24.3 Å². The van der Waals surface area contributed by atoms with Gasteiger partial charge in [-0.25, -0.2) is 8.42 Å². The minimum absolute atomic E-state index is 0.196. The Balaban J connectivity index is 2.07. The van der Waals surface area contributed by atoms with Gasteiger partial charge in [0.2, 0.25) is 10.0 Å². The van der Waals surface area contributed by atoms with Crippen molar-refractivity contribution >= 4 is 10.0 Å². The Morgan fingerprint density at radius 3 is 2.33 bits per heavy atom. The maximum atomic E-state index is 13.2. The summed E-state index contributed by atoms with van der Waals surface area (Å²) >= 11 is 0. The van der Waals surface area contributed by atoms with Gasteiger partial charge in [0.05, 0.1) is 19.1 Å². The van der Waals surface area contributed by atoms with Crippen LogP contribution in [-0.2, 0) is 16.6 Å². The van der Waals surface area contributed by atoms with E-state index in [0.717, 1.165) is 11.1 Å². The molecule has 1 unspecified atom stereocenters. The minimum Gasteiger partial charge on any atom is -0.493 e. The molecule has 1 atom stereocenters. The maximum absolute atomic E-state index is 13.2. The van der Waals surface area contributed by atoms with Gasteiger partial charge in [-0.3, -0.25) is 0 Å². The number of methoxy groups -OCH3 is 2. The highest BCUT2D eigenvalue weighted by Gasteiger charge is 2.37. The third-order valence-corrected chi connectivity index (χ3v) is 6.59. The lowest BCUT2D eigenvalue weighted by atomic mass is 10.1. The number of rotatable bonds is 4. The number of benzene rings is 2. The first kappa shape index (κ1) is 16.8. The van der Waals surface area contributed by atoms with E-state index in [0.29, 0.717) is 23.6 Å². The first-order valence-corrected chi connectivity index (χ1v) is 9.16. The Morgan fingerprint density at radius 1 is 1.08 bits per heavy atom. The molecule has 0 fully saturated rings. The van der Waals surface area contributed by atoms with E-state index in [2.05, 4.69) is 0 Å². The Kier molecular flexibility index (Phi) is 4.27. The second-order valence-electron chi connectivity index (χ2n) is 5.90. The van der Waals surface area contributed by atoms with Crippen LogP contribution >= 0.6 is 0 Å². The summed E-state index contributed by atoms with van der Waals surface area (Å²) in [5, 5.41) is 0. The van der Waals surface area contributed by atoms with Gasteiger partial charge < -0.3 is 9.47 Å². The molecule has 1 aliphatic rings. The molecule has 2 aromatic carbocycles. The largest absolute Gasteiger partial charge is 0.493 e. The van der Waals surface area contributed by atoms with E-state index in [-0.39, 0.29) is 10.9 Å². The summed E-state index contributed by atoms with van der Waals surface area (Å²) in [5.74, 6) is 0.928. The van der Waals surface area contributed by atoms with Crippen molar-refractivity contribution in [3.8, 4) is 11.5 Å². The van der Waals surface area contributed by atoms with Crippen molar-refractivity contribution in [2.45, 2.75) is 31.3 Å². The number of sulfonamides is 1. The second-order valence-corrected chi connectivity index (χ2v) is 7.76. The monoisotopic (exact) mass is 347 g/mol. The Bertz CT molecular complexity index is 877. The topological polar surface area (TPSA) is 55.8 Å². The molecule has 24 heavy (non-hydrogen) atoms. The van der Waals surface area contributed by atoms with Gasteiger partial charge in [0.25, 0.3) is 0 Å². The van der Waals surface area contributed by atoms with Gasteiger partial charge in [0.15, 0.2) is 11.5 Å². The van der Waals surface area contributed by atoms with Crippen molar-refractivity contribution in [2.24, 2.45) is 0 Å². The van der Waals surface area contributed by atoms with Crippen LogP contribution in [-0.4, -0.2) is 26.9 Å². The van der Waals surface area contributed by atoms with Gasteiger partial charge >= 0.3 is 0 Å². The Morgan fingerprint density at radius 2 is 1.71 bits per heavy atom. The molecular formula is C18H21NO4S. The molecule has 1 aliphatic heterocycles. The van der Waals surface area contributed by atoms with Gasteiger partial charge in [0, 0.05) is 18.7 Å². The molecule has 0 saturated heterocycles. The van der Waals surface area contributed by atoms with Crippen LogP contribution in [0.5, 0.6) is 11.5 Å². The zero-order valence-electron chi connectivity index (χ0n) is 14.2. The lowest BCUT2D eigenvalue weighted by Gasteiger charge is -2.23. The molecule has 0 amide bonds. The van der Waals surface area contributed by atoms with E-state index in [1.54, 1.807) is 19.1 Å². The smallest absolute Gasteiger partial charge is 0.244 e. The Hall–Kier alpha value is -2.05. The molecule has 0 spiro atoms. The fourth-order valence-electron chi connectivity index (χ4n) is 3.21. The lowest BCUT2D eigenvalue weighted by Crippen LogP contribution is -2.29. The van der Waals surface area contributed by atoms with E-state index in [4.69, 9.17) is 9.47 Å². The number of aryl methyl sites for hydroxylation is 1. The van der Waals surface area contributed by atoms with Crippen LogP contribution in [0.3, 0.4) is 0 Å². The van der Waals surface area contributed by atoms with Crippen LogP contribution in [0.2, 0.25) is 0 Å². The van der Waals surface area contributed by atoms with Crippen LogP contribution in [0.4, 0.5) is 0 Å². The molecule has 0 bridgehead atoms. The van der Waals surface area contributed by atoms with E-state index in [1.807, 2.05) is 31.2 Å². The first-order valence-electron chi connectivity index (χ1n) is 7.72. The number of fused-ring (bicyclic) bond motifs is 1. The quantitative estimate of drug-likeness (QED) is 0.852. The molecule has 0 aromatic heterocycles. The molecule has 0 N–H and O–H groups in total. The van der Waals surface area contributed by atoms with Crippen LogP contribution in [0.1, 0.15) is 29.7 Å². The first-order chi connectivity index (χ1) is 11.4. The molecule has 2 aromatic rings. The number of nitrogens with zero attached hydrogens (tertiary/aromatic N) is 1. The van der Waals surface area contributed by atoms with Crippen molar-refractivity contribution < 1.29 is 17.9 Å². The molecule has 1 heterocycles. The van der Waals surface area contributed by atoms with Crippen LogP contribution in [0.15, 0.2) is 41.3 Å². The summed E-state index contributed by atoms with van der Waals surface area (Å²) < 4.78 is 38.5. The summed E-state index contributed by atoms with van der Waals surface area (Å²) in [7, 11) is -0.616. The second kappa shape index (κ2) is 6.11. The third-order valence-electron chi connectivity index (χ3n) is 4.53. The number of hydrogen-bond donors (Lipinski definition) is 0.